The van der Waals surface area contributed by atoms with E-state index in [2.05, 4.69) is 26.8 Å². The summed E-state index contributed by atoms with van der Waals surface area (Å²) in [5.74, 6) is 6.37. The Balaban J connectivity index is 2.11. The van der Waals surface area contributed by atoms with Gasteiger partial charge in [-0.1, -0.05) is 23.6 Å². The second kappa shape index (κ2) is 4.81. The highest BCUT2D eigenvalue weighted by atomic mass is 32.2. The van der Waals surface area contributed by atoms with Crippen molar-refractivity contribution in [1.29, 1.82) is 0 Å². The molecule has 0 aliphatic heterocycles. The van der Waals surface area contributed by atoms with E-state index in [0.29, 0.717) is 11.4 Å². The Morgan fingerprint density at radius 2 is 2.44 bits per heavy atom. The lowest BCUT2D eigenvalue weighted by Gasteiger charge is -1.90. The molecule has 0 unspecified atom stereocenters. The first-order chi connectivity index (χ1) is 7.75. The third-order valence-corrected chi connectivity index (χ3v) is 2.55. The van der Waals surface area contributed by atoms with E-state index in [9.17, 15) is 4.79 Å². The lowest BCUT2D eigenvalue weighted by Crippen LogP contribution is -1.83. The molecule has 16 heavy (non-hydrogen) atoms. The zero-order chi connectivity index (χ0) is 11.4. The highest BCUT2D eigenvalue weighted by molar-refractivity contribution is 8.13. The third kappa shape index (κ3) is 2.61. The minimum Gasteiger partial charge on any atom is -0.343 e. The van der Waals surface area contributed by atoms with E-state index in [0.717, 1.165) is 11.1 Å². The van der Waals surface area contributed by atoms with Gasteiger partial charge in [0, 0.05) is 18.7 Å². The van der Waals surface area contributed by atoms with Gasteiger partial charge in [0.1, 0.15) is 0 Å². The molecule has 2 aromatic rings. The molecule has 0 saturated heterocycles. The Labute approximate surface area is 96.9 Å². The topological polar surface area (TPSA) is 58.6 Å². The minimum absolute atomic E-state index is 0.0800. The second-order valence-electron chi connectivity index (χ2n) is 3.08. The summed E-state index contributed by atoms with van der Waals surface area (Å²) in [4.78, 5) is 21.8. The molecule has 0 aliphatic carbocycles. The molecule has 4 nitrogen and oxygen atoms in total. The van der Waals surface area contributed by atoms with Crippen LogP contribution < -0.4 is 0 Å². The van der Waals surface area contributed by atoms with Crippen molar-refractivity contribution in [2.45, 2.75) is 6.92 Å². The average molecular weight is 231 g/mol. The predicted octanol–water partition coefficient (Wildman–Crippen LogP) is 1.59. The summed E-state index contributed by atoms with van der Waals surface area (Å²) in [5.41, 5.74) is 2.37. The van der Waals surface area contributed by atoms with Crippen molar-refractivity contribution in [3.63, 3.8) is 0 Å². The zero-order valence-electron chi connectivity index (χ0n) is 8.65. The number of hydrogen-bond acceptors (Lipinski definition) is 4. The van der Waals surface area contributed by atoms with Gasteiger partial charge in [-0.05, 0) is 6.07 Å². The van der Waals surface area contributed by atoms with Gasteiger partial charge in [-0.25, -0.2) is 9.97 Å². The largest absolute Gasteiger partial charge is 0.343 e. The van der Waals surface area contributed by atoms with E-state index < -0.39 is 0 Å². The Morgan fingerprint density at radius 1 is 1.56 bits per heavy atom. The first-order valence-electron chi connectivity index (χ1n) is 4.67. The number of imidazole rings is 1. The molecule has 0 atom stereocenters. The molecule has 2 rings (SSSR count). The van der Waals surface area contributed by atoms with Gasteiger partial charge < -0.3 is 4.98 Å². The van der Waals surface area contributed by atoms with Crippen LogP contribution in [0.4, 0.5) is 0 Å². The molecule has 0 aliphatic rings. The number of hydrogen-bond donors (Lipinski definition) is 1. The van der Waals surface area contributed by atoms with Crippen LogP contribution in [0.15, 0.2) is 18.6 Å². The van der Waals surface area contributed by atoms with Crippen molar-refractivity contribution in [2.24, 2.45) is 0 Å². The van der Waals surface area contributed by atoms with E-state index in [1.54, 1.807) is 12.5 Å². The molecule has 0 amide bonds. The lowest BCUT2D eigenvalue weighted by molar-refractivity contribution is -0.109. The highest BCUT2D eigenvalue weighted by Gasteiger charge is 1.96. The summed E-state index contributed by atoms with van der Waals surface area (Å²) < 4.78 is 0. The molecule has 0 radical (unpaired) electrons. The molecule has 1 N–H and O–H groups in total. The SMILES string of the molecule is CC(=O)SCC#Cc1cnc2nc[nH]c2c1. The van der Waals surface area contributed by atoms with Crippen LogP contribution in [0, 0.1) is 11.8 Å². The van der Waals surface area contributed by atoms with E-state index in [1.807, 2.05) is 6.07 Å². The maximum absolute atomic E-state index is 10.7. The monoisotopic (exact) mass is 231 g/mol. The average Bonchev–Trinajstić information content (AvgIpc) is 2.71. The van der Waals surface area contributed by atoms with E-state index in [4.69, 9.17) is 0 Å². The number of nitrogens with one attached hydrogen (secondary N) is 1. The van der Waals surface area contributed by atoms with E-state index in [1.165, 1.54) is 18.7 Å². The minimum atomic E-state index is 0.0800. The van der Waals surface area contributed by atoms with Crippen LogP contribution in [-0.2, 0) is 4.79 Å². The number of nitrogens with zero attached hydrogens (tertiary/aromatic N) is 2. The Hall–Kier alpha value is -1.80. The molecule has 80 valence electrons. The van der Waals surface area contributed by atoms with Crippen molar-refractivity contribution in [2.75, 3.05) is 5.75 Å². The standard InChI is InChI=1S/C11H9N3OS/c1-8(15)16-4-2-3-9-5-10-11(12-6-9)14-7-13-10/h5-7H,4H2,1H3,(H,12,13,14). The summed E-state index contributed by atoms with van der Waals surface area (Å²) in [6, 6.07) is 1.89. The van der Waals surface area contributed by atoms with Gasteiger partial charge >= 0.3 is 0 Å². The molecule has 2 aromatic heterocycles. The fourth-order valence-corrected chi connectivity index (χ4v) is 1.52. The second-order valence-corrected chi connectivity index (χ2v) is 4.23. The lowest BCUT2D eigenvalue weighted by atomic mass is 10.3. The first kappa shape index (κ1) is 10.7. The van der Waals surface area contributed by atoms with Gasteiger partial charge in [-0.15, -0.1) is 0 Å². The highest BCUT2D eigenvalue weighted by Crippen LogP contribution is 2.07. The molecule has 5 heteroatoms. The van der Waals surface area contributed by atoms with E-state index in [-0.39, 0.29) is 5.12 Å². The van der Waals surface area contributed by atoms with Gasteiger partial charge in [0.15, 0.2) is 10.8 Å². The fraction of sp³-hybridized carbons (Fsp3) is 0.182. The summed E-state index contributed by atoms with van der Waals surface area (Å²) >= 11 is 1.20. The van der Waals surface area contributed by atoms with E-state index >= 15 is 0 Å². The normalized spacial score (nSPS) is 9.81. The third-order valence-electron chi connectivity index (χ3n) is 1.85. The Morgan fingerprint density at radius 3 is 3.25 bits per heavy atom. The number of carbonyl (C=O) groups is 1. The van der Waals surface area contributed by atoms with Crippen LogP contribution in [0.5, 0.6) is 0 Å². The van der Waals surface area contributed by atoms with Crippen molar-refractivity contribution < 1.29 is 4.79 Å². The molecular formula is C11H9N3OS. The molecule has 0 bridgehead atoms. The van der Waals surface area contributed by atoms with Crippen LogP contribution in [0.2, 0.25) is 0 Å². The van der Waals surface area contributed by atoms with Gasteiger partial charge in [0.05, 0.1) is 17.6 Å². The molecular weight excluding hydrogens is 222 g/mol. The van der Waals surface area contributed by atoms with Crippen LogP contribution in [0.3, 0.4) is 0 Å². The summed E-state index contributed by atoms with van der Waals surface area (Å²) in [5, 5.41) is 0.0800. The summed E-state index contributed by atoms with van der Waals surface area (Å²) in [6.45, 7) is 1.53. The van der Waals surface area contributed by atoms with Gasteiger partial charge in [-0.2, -0.15) is 0 Å². The Kier molecular flexibility index (Phi) is 3.22. The van der Waals surface area contributed by atoms with Crippen molar-refractivity contribution in [1.82, 2.24) is 15.0 Å². The van der Waals surface area contributed by atoms with Crippen molar-refractivity contribution >= 4 is 28.0 Å². The predicted molar refractivity (Wildman–Crippen MR) is 63.9 cm³/mol. The number of fused-ring (bicyclic) bond motifs is 1. The number of carbonyl (C=O) groups excluding carboxylic acids is 1. The number of thioether (sulfide) groups is 1. The van der Waals surface area contributed by atoms with Gasteiger partial charge in [0.2, 0.25) is 0 Å². The number of pyridine rings is 1. The molecule has 0 aromatic carbocycles. The van der Waals surface area contributed by atoms with Crippen molar-refractivity contribution in [3.8, 4) is 11.8 Å². The quantitative estimate of drug-likeness (QED) is 0.757. The number of aromatic amines is 1. The molecule has 0 saturated carbocycles. The van der Waals surface area contributed by atoms with Gasteiger partial charge in [0.25, 0.3) is 0 Å². The first-order valence-corrected chi connectivity index (χ1v) is 5.65. The summed E-state index contributed by atoms with van der Waals surface area (Å²) in [6.07, 6.45) is 3.27. The van der Waals surface area contributed by atoms with Crippen LogP contribution in [0.1, 0.15) is 12.5 Å². The molecule has 0 fully saturated rings. The van der Waals surface area contributed by atoms with Gasteiger partial charge in [-0.3, -0.25) is 4.79 Å². The van der Waals surface area contributed by atoms with Crippen LogP contribution in [0.25, 0.3) is 11.2 Å². The van der Waals surface area contributed by atoms with Crippen molar-refractivity contribution in [3.05, 3.63) is 24.2 Å². The maximum Gasteiger partial charge on any atom is 0.186 e. The Bertz CT molecular complexity index is 579. The smallest absolute Gasteiger partial charge is 0.186 e. The van der Waals surface area contributed by atoms with Crippen LogP contribution >= 0.6 is 11.8 Å². The zero-order valence-corrected chi connectivity index (χ0v) is 9.47. The molecule has 0 spiro atoms. The summed E-state index contributed by atoms with van der Waals surface area (Å²) in [7, 11) is 0. The fourth-order valence-electron chi connectivity index (χ4n) is 1.17. The number of rotatable bonds is 1. The maximum atomic E-state index is 10.7. The molecule has 2 heterocycles. The van der Waals surface area contributed by atoms with Crippen LogP contribution in [-0.4, -0.2) is 25.8 Å². The number of aromatic nitrogens is 3. The number of H-pyrrole nitrogens is 1.